The second-order valence-corrected chi connectivity index (χ2v) is 10.1. The predicted octanol–water partition coefficient (Wildman–Crippen LogP) is 7.29. The van der Waals surface area contributed by atoms with Crippen molar-refractivity contribution in [1.82, 2.24) is 10.4 Å². The molecule has 236 valence electrons. The molecule has 2 N–H and O–H groups in total. The molecule has 11 heteroatoms. The van der Waals surface area contributed by atoms with Gasteiger partial charge in [0, 0.05) is 21.7 Å². The van der Waals surface area contributed by atoms with Gasteiger partial charge in [-0.2, -0.15) is 5.10 Å². The Morgan fingerprint density at radius 2 is 1.50 bits per heavy atom. The maximum atomic E-state index is 13.6. The lowest BCUT2D eigenvalue weighted by Crippen LogP contribution is -2.19. The van der Waals surface area contributed by atoms with E-state index in [-0.39, 0.29) is 17.0 Å². The molecule has 0 aliphatic rings. The van der Waals surface area contributed by atoms with Crippen LogP contribution in [0.5, 0.6) is 28.7 Å². The molecule has 0 radical (unpaired) electrons. The molecule has 5 aromatic rings. The normalized spacial score (nSPS) is 11.0. The number of carbonyl (C=O) groups is 2. The zero-order chi connectivity index (χ0) is 32.6. The summed E-state index contributed by atoms with van der Waals surface area (Å²) in [7, 11) is 3.09. The Bertz CT molecular complexity index is 1920. The van der Waals surface area contributed by atoms with Gasteiger partial charge in [0.2, 0.25) is 0 Å². The summed E-state index contributed by atoms with van der Waals surface area (Å²) in [6.07, 6.45) is 1.39. The smallest absolute Gasteiger partial charge is 0.343 e. The van der Waals surface area contributed by atoms with Crippen LogP contribution >= 0.6 is 11.6 Å². The summed E-state index contributed by atoms with van der Waals surface area (Å²) in [6.45, 7) is 4.57. The monoisotopic (exact) mass is 641 g/mol. The molecule has 4 aromatic carbocycles. The lowest BCUT2D eigenvalue weighted by Gasteiger charge is -2.12. The number of aromatic nitrogens is 1. The first-order chi connectivity index (χ1) is 22.4. The quantitative estimate of drug-likeness (QED) is 0.0635. The van der Waals surface area contributed by atoms with Crippen LogP contribution in [0.25, 0.3) is 22.0 Å². The Balaban J connectivity index is 1.42. The van der Waals surface area contributed by atoms with Crippen LogP contribution in [0.1, 0.15) is 40.3 Å². The fourth-order valence-electron chi connectivity index (χ4n) is 4.93. The predicted molar refractivity (Wildman–Crippen MR) is 177 cm³/mol. The standard InChI is InChI=1S/C35H32ClN3O7/c1-5-44-26-16-15-21(19-29(26)45-6-2)35(41)46-25-14-10-7-11-22(25)20-37-39-34(40)33-30(23-12-8-9-13-24(23)36)31-27(42-3)17-18-28(43-4)32(31)38-33/h7-20,38H,5-6H2,1-4H3,(H,39,40). The minimum absolute atomic E-state index is 0.198. The van der Waals surface area contributed by atoms with E-state index in [1.807, 2.05) is 26.0 Å². The van der Waals surface area contributed by atoms with Crippen LogP contribution in [0.3, 0.4) is 0 Å². The van der Waals surface area contributed by atoms with E-state index in [0.717, 1.165) is 0 Å². The maximum absolute atomic E-state index is 13.6. The molecule has 0 fully saturated rings. The minimum atomic E-state index is -0.598. The second kappa shape index (κ2) is 14.5. The third-order valence-corrected chi connectivity index (χ3v) is 7.29. The van der Waals surface area contributed by atoms with Crippen molar-refractivity contribution in [1.29, 1.82) is 0 Å². The van der Waals surface area contributed by atoms with Gasteiger partial charge in [-0.1, -0.05) is 41.9 Å². The highest BCUT2D eigenvalue weighted by atomic mass is 35.5. The third-order valence-electron chi connectivity index (χ3n) is 6.96. The number of ether oxygens (including phenoxy) is 5. The van der Waals surface area contributed by atoms with Gasteiger partial charge in [-0.25, -0.2) is 10.2 Å². The van der Waals surface area contributed by atoms with Gasteiger partial charge >= 0.3 is 5.97 Å². The fraction of sp³-hybridized carbons (Fsp3) is 0.171. The summed E-state index contributed by atoms with van der Waals surface area (Å²) in [5.41, 5.74) is 5.21. The average Bonchev–Trinajstić information content (AvgIpc) is 3.47. The summed E-state index contributed by atoms with van der Waals surface area (Å²) < 4.78 is 28.1. The van der Waals surface area contributed by atoms with Gasteiger partial charge in [-0.3, -0.25) is 4.79 Å². The van der Waals surface area contributed by atoms with Crippen LogP contribution in [-0.2, 0) is 0 Å². The van der Waals surface area contributed by atoms with Gasteiger partial charge in [0.15, 0.2) is 11.5 Å². The van der Waals surface area contributed by atoms with E-state index in [1.54, 1.807) is 80.9 Å². The molecule has 0 aliphatic carbocycles. The van der Waals surface area contributed by atoms with E-state index in [4.69, 9.17) is 35.3 Å². The highest BCUT2D eigenvalue weighted by molar-refractivity contribution is 6.34. The second-order valence-electron chi connectivity index (χ2n) is 9.73. The van der Waals surface area contributed by atoms with E-state index in [9.17, 15) is 9.59 Å². The number of H-pyrrole nitrogens is 1. The highest BCUT2D eigenvalue weighted by Crippen LogP contribution is 2.44. The van der Waals surface area contributed by atoms with Crippen molar-refractivity contribution >= 4 is 40.6 Å². The Labute approximate surface area is 270 Å². The first-order valence-electron chi connectivity index (χ1n) is 14.5. The van der Waals surface area contributed by atoms with Crippen LogP contribution in [0.2, 0.25) is 5.02 Å². The van der Waals surface area contributed by atoms with Crippen molar-refractivity contribution in [3.8, 4) is 39.9 Å². The van der Waals surface area contributed by atoms with E-state index in [1.165, 1.54) is 6.21 Å². The van der Waals surface area contributed by atoms with Crippen molar-refractivity contribution < 1.29 is 33.3 Å². The number of amides is 1. The lowest BCUT2D eigenvalue weighted by molar-refractivity contribution is 0.0733. The topological polar surface area (TPSA) is 120 Å². The minimum Gasteiger partial charge on any atom is -0.496 e. The third kappa shape index (κ3) is 6.62. The highest BCUT2D eigenvalue weighted by Gasteiger charge is 2.25. The summed E-state index contributed by atoms with van der Waals surface area (Å²) >= 11 is 6.59. The summed E-state index contributed by atoms with van der Waals surface area (Å²) in [6, 6.07) is 22.4. The van der Waals surface area contributed by atoms with Crippen LogP contribution in [0.15, 0.2) is 84.0 Å². The zero-order valence-electron chi connectivity index (χ0n) is 25.7. The van der Waals surface area contributed by atoms with Crippen molar-refractivity contribution in [3.63, 3.8) is 0 Å². The Morgan fingerprint density at radius 3 is 2.24 bits per heavy atom. The van der Waals surface area contributed by atoms with Gasteiger partial charge in [-0.15, -0.1) is 0 Å². The molecule has 0 saturated heterocycles. The molecule has 0 bridgehead atoms. The molecule has 1 heterocycles. The Kier molecular flexibility index (Phi) is 10.1. The molecular weight excluding hydrogens is 610 g/mol. The molecule has 0 unspecified atom stereocenters. The molecule has 1 amide bonds. The molecule has 0 atom stereocenters. The van der Waals surface area contributed by atoms with Gasteiger partial charge < -0.3 is 28.7 Å². The number of benzene rings is 4. The number of halogens is 1. The van der Waals surface area contributed by atoms with E-state index >= 15 is 0 Å². The number of para-hydroxylation sites is 1. The van der Waals surface area contributed by atoms with Crippen LogP contribution < -0.4 is 29.1 Å². The first-order valence-corrected chi connectivity index (χ1v) is 14.8. The summed E-state index contributed by atoms with van der Waals surface area (Å²) in [5, 5.41) is 5.25. The van der Waals surface area contributed by atoms with Gasteiger partial charge in [0.05, 0.1) is 50.1 Å². The van der Waals surface area contributed by atoms with Crippen LogP contribution in [0, 0.1) is 0 Å². The number of nitrogens with zero attached hydrogens (tertiary/aromatic N) is 1. The van der Waals surface area contributed by atoms with Crippen molar-refractivity contribution in [2.75, 3.05) is 27.4 Å². The molecule has 0 aliphatic heterocycles. The molecule has 0 saturated carbocycles. The Hall–Kier alpha value is -5.48. The van der Waals surface area contributed by atoms with Crippen LogP contribution in [0.4, 0.5) is 0 Å². The van der Waals surface area contributed by atoms with Gasteiger partial charge in [-0.05, 0) is 62.4 Å². The molecule has 46 heavy (non-hydrogen) atoms. The number of nitrogens with one attached hydrogen (secondary N) is 2. The molecule has 5 rings (SSSR count). The van der Waals surface area contributed by atoms with Crippen molar-refractivity contribution in [2.45, 2.75) is 13.8 Å². The lowest BCUT2D eigenvalue weighted by atomic mass is 10.0. The Morgan fingerprint density at radius 1 is 0.826 bits per heavy atom. The summed E-state index contributed by atoms with van der Waals surface area (Å²) in [4.78, 5) is 29.9. The summed E-state index contributed by atoms with van der Waals surface area (Å²) in [5.74, 6) is 1.13. The number of methoxy groups -OCH3 is 2. The number of hydrogen-bond acceptors (Lipinski definition) is 8. The molecule has 0 spiro atoms. The molecule has 10 nitrogen and oxygen atoms in total. The number of esters is 1. The SMILES string of the molecule is CCOc1ccc(C(=O)Oc2ccccc2C=NNC(=O)c2[nH]c3c(OC)ccc(OC)c3c2-c2ccccc2Cl)cc1OCC. The van der Waals surface area contributed by atoms with E-state index in [0.29, 0.717) is 68.8 Å². The van der Waals surface area contributed by atoms with Gasteiger partial charge in [0.1, 0.15) is 22.9 Å². The van der Waals surface area contributed by atoms with Crippen molar-refractivity contribution in [3.05, 3.63) is 101 Å². The average molecular weight is 642 g/mol. The largest absolute Gasteiger partial charge is 0.496 e. The number of hydrazone groups is 1. The number of fused-ring (bicyclic) bond motifs is 1. The number of carbonyl (C=O) groups excluding carboxylic acids is 2. The van der Waals surface area contributed by atoms with Crippen molar-refractivity contribution in [2.24, 2.45) is 5.10 Å². The number of rotatable bonds is 12. The maximum Gasteiger partial charge on any atom is 0.343 e. The fourth-order valence-corrected chi connectivity index (χ4v) is 5.16. The van der Waals surface area contributed by atoms with Crippen LogP contribution in [-0.4, -0.2) is 50.5 Å². The molecule has 1 aromatic heterocycles. The first kappa shape index (κ1) is 31.9. The zero-order valence-corrected chi connectivity index (χ0v) is 26.4. The van der Waals surface area contributed by atoms with E-state index < -0.39 is 11.9 Å². The van der Waals surface area contributed by atoms with E-state index in [2.05, 4.69) is 15.5 Å². The number of aromatic amines is 1. The molecular formula is C35H32ClN3O7. The van der Waals surface area contributed by atoms with Gasteiger partial charge in [0.25, 0.3) is 5.91 Å². The number of hydrogen-bond donors (Lipinski definition) is 2.